The van der Waals surface area contributed by atoms with Crippen molar-refractivity contribution in [1.29, 1.82) is 0 Å². The predicted molar refractivity (Wildman–Crippen MR) is 151 cm³/mol. The second-order valence-corrected chi connectivity index (χ2v) is 9.93. The number of hydrogen-bond donors (Lipinski definition) is 2. The molecule has 0 radical (unpaired) electrons. The second kappa shape index (κ2) is 11.9. The molecular weight excluding hydrogens is 524 g/mol. The molecule has 1 aliphatic heterocycles. The van der Waals surface area contributed by atoms with Gasteiger partial charge in [-0.3, -0.25) is 10.1 Å². The number of halogens is 1. The van der Waals surface area contributed by atoms with Crippen LogP contribution in [0.25, 0.3) is 0 Å². The van der Waals surface area contributed by atoms with Crippen LogP contribution in [0.15, 0.2) is 87.7 Å². The van der Waals surface area contributed by atoms with E-state index in [-0.39, 0.29) is 11.6 Å². The summed E-state index contributed by atoms with van der Waals surface area (Å²) in [6, 6.07) is 21.7. The number of nitrogens with zero attached hydrogens (tertiary/aromatic N) is 6. The Morgan fingerprint density at radius 1 is 0.974 bits per heavy atom. The molecule has 10 nitrogen and oxygen atoms in total. The Morgan fingerprint density at radius 2 is 1.71 bits per heavy atom. The van der Waals surface area contributed by atoms with E-state index in [1.807, 2.05) is 42.5 Å². The van der Waals surface area contributed by atoms with Gasteiger partial charge in [-0.25, -0.2) is 5.43 Å². The van der Waals surface area contributed by atoms with Gasteiger partial charge in [-0.2, -0.15) is 20.1 Å². The Morgan fingerprint density at radius 3 is 2.45 bits per heavy atom. The third-order valence-corrected chi connectivity index (χ3v) is 6.97. The average Bonchev–Trinajstić information content (AvgIpc) is 3.46. The topological polar surface area (TPSA) is 121 Å². The minimum absolute atomic E-state index is 0.0141. The number of nitrogens with one attached hydrogen (secondary N) is 2. The molecule has 0 spiro atoms. The third-order valence-electron chi connectivity index (χ3n) is 5.64. The van der Waals surface area contributed by atoms with Gasteiger partial charge in [0, 0.05) is 40.3 Å². The Kier molecular flexibility index (Phi) is 7.95. The molecule has 0 atom stereocenters. The van der Waals surface area contributed by atoms with E-state index < -0.39 is 4.92 Å². The van der Waals surface area contributed by atoms with Crippen molar-refractivity contribution in [2.24, 2.45) is 5.10 Å². The van der Waals surface area contributed by atoms with Gasteiger partial charge in [-0.05, 0) is 55.3 Å². The van der Waals surface area contributed by atoms with Crippen molar-refractivity contribution in [3.8, 4) is 0 Å². The van der Waals surface area contributed by atoms with E-state index in [1.54, 1.807) is 24.3 Å². The molecule has 1 fully saturated rings. The van der Waals surface area contributed by atoms with Crippen molar-refractivity contribution in [2.45, 2.75) is 22.6 Å². The molecule has 38 heavy (non-hydrogen) atoms. The summed E-state index contributed by atoms with van der Waals surface area (Å²) in [4.78, 5) is 28.3. The highest BCUT2D eigenvalue weighted by molar-refractivity contribution is 7.99. The lowest BCUT2D eigenvalue weighted by Gasteiger charge is -2.16. The van der Waals surface area contributed by atoms with Crippen LogP contribution in [-0.2, 0) is 0 Å². The van der Waals surface area contributed by atoms with Gasteiger partial charge in [0.2, 0.25) is 17.8 Å². The van der Waals surface area contributed by atoms with Crippen molar-refractivity contribution in [1.82, 2.24) is 15.0 Å². The molecule has 2 heterocycles. The Labute approximate surface area is 228 Å². The van der Waals surface area contributed by atoms with Crippen LogP contribution in [0.3, 0.4) is 0 Å². The molecular formula is C26H23ClN8O2S. The molecule has 4 aromatic rings. The van der Waals surface area contributed by atoms with Gasteiger partial charge in [0.15, 0.2) is 0 Å². The standard InChI is InChI=1S/C26H23ClN8O2S/c27-19-9-11-21(12-10-19)38-23-13-8-18(16-22(23)35(36)37)17-28-33-25-30-24(29-20-6-2-1-3-7-20)31-26(32-25)34-14-4-5-15-34/h1-3,6-13,16-17H,4-5,14-15H2,(H2,29,30,31,32,33)/b28-17+. The van der Waals surface area contributed by atoms with E-state index in [9.17, 15) is 10.1 Å². The van der Waals surface area contributed by atoms with Crippen molar-refractivity contribution in [3.63, 3.8) is 0 Å². The largest absolute Gasteiger partial charge is 0.341 e. The average molecular weight is 547 g/mol. The number of nitro groups is 1. The van der Waals surface area contributed by atoms with E-state index in [2.05, 4.69) is 35.7 Å². The molecule has 0 unspecified atom stereocenters. The lowest BCUT2D eigenvalue weighted by Crippen LogP contribution is -2.21. The van der Waals surface area contributed by atoms with Crippen LogP contribution in [0.4, 0.5) is 29.2 Å². The normalized spacial score (nSPS) is 13.1. The molecule has 0 saturated carbocycles. The van der Waals surface area contributed by atoms with E-state index >= 15 is 0 Å². The first-order chi connectivity index (χ1) is 18.5. The summed E-state index contributed by atoms with van der Waals surface area (Å²) in [5.74, 6) is 1.22. The number of para-hydroxylation sites is 1. The van der Waals surface area contributed by atoms with Crippen LogP contribution in [0.2, 0.25) is 5.02 Å². The van der Waals surface area contributed by atoms with Crippen LogP contribution >= 0.6 is 23.4 Å². The van der Waals surface area contributed by atoms with Crippen LogP contribution in [-0.4, -0.2) is 39.2 Å². The fourth-order valence-electron chi connectivity index (χ4n) is 3.82. The minimum Gasteiger partial charge on any atom is -0.341 e. The zero-order valence-electron chi connectivity index (χ0n) is 20.1. The van der Waals surface area contributed by atoms with Gasteiger partial charge in [0.05, 0.1) is 16.0 Å². The number of aromatic nitrogens is 3. The lowest BCUT2D eigenvalue weighted by molar-refractivity contribution is -0.387. The van der Waals surface area contributed by atoms with Gasteiger partial charge < -0.3 is 10.2 Å². The van der Waals surface area contributed by atoms with Gasteiger partial charge in [-0.1, -0.05) is 47.6 Å². The lowest BCUT2D eigenvalue weighted by atomic mass is 10.2. The Bertz CT molecular complexity index is 1450. The van der Waals surface area contributed by atoms with E-state index in [0.29, 0.717) is 27.4 Å². The molecule has 3 aromatic carbocycles. The summed E-state index contributed by atoms with van der Waals surface area (Å²) in [6.45, 7) is 1.75. The highest BCUT2D eigenvalue weighted by Gasteiger charge is 2.18. The number of rotatable bonds is 9. The van der Waals surface area contributed by atoms with Crippen molar-refractivity contribution < 1.29 is 4.92 Å². The summed E-state index contributed by atoms with van der Waals surface area (Å²) < 4.78 is 0. The van der Waals surface area contributed by atoms with Gasteiger partial charge in [0.25, 0.3) is 5.69 Å². The number of anilines is 4. The van der Waals surface area contributed by atoms with Crippen LogP contribution < -0.4 is 15.6 Å². The molecule has 1 aromatic heterocycles. The van der Waals surface area contributed by atoms with Crippen molar-refractivity contribution in [2.75, 3.05) is 28.7 Å². The van der Waals surface area contributed by atoms with Gasteiger partial charge >= 0.3 is 0 Å². The van der Waals surface area contributed by atoms with Crippen LogP contribution in [0, 0.1) is 10.1 Å². The fourth-order valence-corrected chi connectivity index (χ4v) is 4.84. The van der Waals surface area contributed by atoms with Gasteiger partial charge in [-0.15, -0.1) is 0 Å². The maximum Gasteiger partial charge on any atom is 0.283 e. The summed E-state index contributed by atoms with van der Waals surface area (Å²) >= 11 is 7.24. The zero-order valence-corrected chi connectivity index (χ0v) is 21.7. The summed E-state index contributed by atoms with van der Waals surface area (Å²) in [5.41, 5.74) is 4.24. The summed E-state index contributed by atoms with van der Waals surface area (Å²) in [5, 5.41) is 19.8. The molecule has 1 aliphatic rings. The fraction of sp³-hybridized carbons (Fsp3) is 0.154. The number of hydrazone groups is 1. The van der Waals surface area contributed by atoms with Crippen LogP contribution in [0.1, 0.15) is 18.4 Å². The highest BCUT2D eigenvalue weighted by Crippen LogP contribution is 2.35. The van der Waals surface area contributed by atoms with Crippen LogP contribution in [0.5, 0.6) is 0 Å². The Balaban J connectivity index is 1.34. The highest BCUT2D eigenvalue weighted by atomic mass is 35.5. The van der Waals surface area contributed by atoms with Gasteiger partial charge in [0.1, 0.15) is 0 Å². The van der Waals surface area contributed by atoms with E-state index in [4.69, 9.17) is 11.6 Å². The number of benzene rings is 3. The SMILES string of the molecule is O=[N+]([O-])c1cc(/C=N/Nc2nc(Nc3ccccc3)nc(N3CCCC3)n2)ccc1Sc1ccc(Cl)cc1. The monoisotopic (exact) mass is 546 g/mol. The molecule has 12 heteroatoms. The minimum atomic E-state index is -0.404. The third kappa shape index (κ3) is 6.55. The zero-order chi connectivity index (χ0) is 26.3. The van der Waals surface area contributed by atoms with E-state index in [1.165, 1.54) is 24.0 Å². The smallest absolute Gasteiger partial charge is 0.283 e. The molecule has 0 amide bonds. The molecule has 1 saturated heterocycles. The first kappa shape index (κ1) is 25.4. The first-order valence-corrected chi connectivity index (χ1v) is 13.1. The summed E-state index contributed by atoms with van der Waals surface area (Å²) in [7, 11) is 0. The number of hydrogen-bond acceptors (Lipinski definition) is 10. The molecule has 192 valence electrons. The molecule has 0 bridgehead atoms. The molecule has 5 rings (SSSR count). The quantitative estimate of drug-likeness (QED) is 0.140. The first-order valence-electron chi connectivity index (χ1n) is 11.9. The summed E-state index contributed by atoms with van der Waals surface area (Å²) in [6.07, 6.45) is 3.66. The Hall–Kier alpha value is -4.22. The second-order valence-electron chi connectivity index (χ2n) is 8.38. The maximum atomic E-state index is 11.7. The predicted octanol–water partition coefficient (Wildman–Crippen LogP) is 6.37. The van der Waals surface area contributed by atoms with Crippen molar-refractivity contribution >= 4 is 58.8 Å². The van der Waals surface area contributed by atoms with Crippen molar-refractivity contribution in [3.05, 3.63) is 93.5 Å². The van der Waals surface area contributed by atoms with E-state index in [0.717, 1.165) is 36.5 Å². The maximum absolute atomic E-state index is 11.7. The molecule has 0 aliphatic carbocycles. The molecule has 2 N–H and O–H groups in total. The number of nitro benzene ring substituents is 1.